The first-order chi connectivity index (χ1) is 10.2. The fourth-order valence-electron chi connectivity index (χ4n) is 2.83. The lowest BCUT2D eigenvalue weighted by Gasteiger charge is -2.32. The molecule has 2 N–H and O–H groups in total. The Bertz CT molecular complexity index is 622. The van der Waals surface area contributed by atoms with Crippen molar-refractivity contribution in [2.45, 2.75) is 38.9 Å². The topological polar surface area (TPSA) is 47.1 Å². The van der Waals surface area contributed by atoms with Crippen molar-refractivity contribution in [2.75, 3.05) is 11.4 Å². The maximum atomic E-state index is 6.43. The van der Waals surface area contributed by atoms with Crippen molar-refractivity contribution in [2.24, 2.45) is 5.73 Å². The summed E-state index contributed by atoms with van der Waals surface area (Å²) in [6.45, 7) is 4.86. The third-order valence-electron chi connectivity index (χ3n) is 4.17. The SMILES string of the molecule is CCC(N)Cc1c(Cl)cccc1N1CCn2ccnc2C1. The van der Waals surface area contributed by atoms with Crippen LogP contribution in [-0.4, -0.2) is 22.1 Å². The van der Waals surface area contributed by atoms with E-state index in [1.54, 1.807) is 0 Å². The standard InChI is InChI=1S/C16H21ClN4/c1-2-12(18)10-13-14(17)4-3-5-15(13)21-9-8-20-7-6-19-16(20)11-21/h3-7,12H,2,8-11,18H2,1H3. The number of hydrogen-bond donors (Lipinski definition) is 1. The fraction of sp³-hybridized carbons (Fsp3) is 0.438. The molecule has 1 unspecified atom stereocenters. The van der Waals surface area contributed by atoms with Crippen molar-refractivity contribution < 1.29 is 0 Å². The Morgan fingerprint density at radius 1 is 1.38 bits per heavy atom. The molecule has 0 aliphatic carbocycles. The highest BCUT2D eigenvalue weighted by Gasteiger charge is 2.21. The van der Waals surface area contributed by atoms with Gasteiger partial charge in [0.2, 0.25) is 0 Å². The minimum atomic E-state index is 0.149. The highest BCUT2D eigenvalue weighted by Crippen LogP contribution is 2.31. The molecule has 1 aliphatic rings. The third-order valence-corrected chi connectivity index (χ3v) is 4.52. The van der Waals surface area contributed by atoms with Crippen LogP contribution >= 0.6 is 11.6 Å². The molecule has 1 atom stereocenters. The zero-order valence-corrected chi connectivity index (χ0v) is 13.1. The second-order valence-corrected chi connectivity index (χ2v) is 5.98. The van der Waals surface area contributed by atoms with Gasteiger partial charge >= 0.3 is 0 Å². The van der Waals surface area contributed by atoms with E-state index in [1.807, 2.05) is 24.5 Å². The van der Waals surface area contributed by atoms with Crippen molar-refractivity contribution >= 4 is 17.3 Å². The van der Waals surface area contributed by atoms with Gasteiger partial charge < -0.3 is 15.2 Å². The molecule has 0 fully saturated rings. The Hall–Kier alpha value is -1.52. The molecule has 112 valence electrons. The summed E-state index contributed by atoms with van der Waals surface area (Å²) in [4.78, 5) is 6.78. The summed E-state index contributed by atoms with van der Waals surface area (Å²) in [5.41, 5.74) is 8.49. The normalized spacial score (nSPS) is 15.9. The lowest BCUT2D eigenvalue weighted by Crippen LogP contribution is -2.34. The second kappa shape index (κ2) is 6.08. The number of rotatable bonds is 4. The van der Waals surface area contributed by atoms with Gasteiger partial charge in [0.15, 0.2) is 0 Å². The van der Waals surface area contributed by atoms with Crippen LogP contribution in [0.25, 0.3) is 0 Å². The molecular weight excluding hydrogens is 284 g/mol. The highest BCUT2D eigenvalue weighted by atomic mass is 35.5. The number of nitrogens with zero attached hydrogens (tertiary/aromatic N) is 3. The zero-order chi connectivity index (χ0) is 14.8. The van der Waals surface area contributed by atoms with Crippen LogP contribution in [0, 0.1) is 0 Å². The van der Waals surface area contributed by atoms with Crippen LogP contribution in [0.5, 0.6) is 0 Å². The van der Waals surface area contributed by atoms with Gasteiger partial charge in [-0.1, -0.05) is 24.6 Å². The van der Waals surface area contributed by atoms with Crippen LogP contribution in [0.4, 0.5) is 5.69 Å². The molecule has 5 heteroatoms. The Labute approximate surface area is 130 Å². The van der Waals surface area contributed by atoms with Crippen LogP contribution in [0.3, 0.4) is 0 Å². The Morgan fingerprint density at radius 3 is 3.05 bits per heavy atom. The van der Waals surface area contributed by atoms with E-state index in [2.05, 4.69) is 27.4 Å². The lowest BCUT2D eigenvalue weighted by molar-refractivity contribution is 0.557. The molecule has 2 aromatic rings. The maximum Gasteiger partial charge on any atom is 0.128 e. The average molecular weight is 305 g/mol. The maximum absolute atomic E-state index is 6.43. The minimum absolute atomic E-state index is 0.149. The number of anilines is 1. The highest BCUT2D eigenvalue weighted by molar-refractivity contribution is 6.31. The van der Waals surface area contributed by atoms with Gasteiger partial charge in [0.1, 0.15) is 5.82 Å². The van der Waals surface area contributed by atoms with Crippen molar-refractivity contribution in [1.82, 2.24) is 9.55 Å². The summed E-state index contributed by atoms with van der Waals surface area (Å²) in [7, 11) is 0. The van der Waals surface area contributed by atoms with Gasteiger partial charge in [-0.2, -0.15) is 0 Å². The molecule has 4 nitrogen and oxygen atoms in total. The van der Waals surface area contributed by atoms with Crippen molar-refractivity contribution in [3.63, 3.8) is 0 Å². The molecule has 0 radical (unpaired) electrons. The number of halogens is 1. The molecule has 0 spiro atoms. The van der Waals surface area contributed by atoms with E-state index >= 15 is 0 Å². The Kier molecular flexibility index (Phi) is 4.17. The molecule has 0 saturated carbocycles. The van der Waals surface area contributed by atoms with Gasteiger partial charge in [0, 0.05) is 42.2 Å². The summed E-state index contributed by atoms with van der Waals surface area (Å²) in [5, 5.41) is 0.810. The smallest absolute Gasteiger partial charge is 0.128 e. The molecule has 0 bridgehead atoms. The molecule has 21 heavy (non-hydrogen) atoms. The van der Waals surface area contributed by atoms with E-state index < -0.39 is 0 Å². The van der Waals surface area contributed by atoms with Gasteiger partial charge in [-0.25, -0.2) is 4.98 Å². The first-order valence-corrected chi connectivity index (χ1v) is 7.84. The van der Waals surface area contributed by atoms with E-state index in [0.29, 0.717) is 0 Å². The second-order valence-electron chi connectivity index (χ2n) is 5.57. The number of benzene rings is 1. The summed E-state index contributed by atoms with van der Waals surface area (Å²) >= 11 is 6.43. The zero-order valence-electron chi connectivity index (χ0n) is 12.3. The fourth-order valence-corrected chi connectivity index (χ4v) is 3.08. The summed E-state index contributed by atoms with van der Waals surface area (Å²) in [6.07, 6.45) is 5.68. The van der Waals surface area contributed by atoms with Gasteiger partial charge in [0.25, 0.3) is 0 Å². The Morgan fingerprint density at radius 2 is 2.24 bits per heavy atom. The predicted octanol–water partition coefficient (Wildman–Crippen LogP) is 2.84. The molecule has 3 rings (SSSR count). The van der Waals surface area contributed by atoms with E-state index in [9.17, 15) is 0 Å². The van der Waals surface area contributed by atoms with E-state index in [1.165, 1.54) is 5.69 Å². The predicted molar refractivity (Wildman–Crippen MR) is 86.7 cm³/mol. The summed E-state index contributed by atoms with van der Waals surface area (Å²) in [5.74, 6) is 1.10. The van der Waals surface area contributed by atoms with E-state index in [4.69, 9.17) is 17.3 Å². The van der Waals surface area contributed by atoms with E-state index in [-0.39, 0.29) is 6.04 Å². The van der Waals surface area contributed by atoms with Gasteiger partial charge in [-0.3, -0.25) is 0 Å². The molecule has 1 aromatic heterocycles. The van der Waals surface area contributed by atoms with Gasteiger partial charge in [0.05, 0.1) is 6.54 Å². The average Bonchev–Trinajstić information content (AvgIpc) is 2.96. The van der Waals surface area contributed by atoms with Gasteiger partial charge in [-0.15, -0.1) is 0 Å². The summed E-state index contributed by atoms with van der Waals surface area (Å²) in [6, 6.07) is 6.26. The first-order valence-electron chi connectivity index (χ1n) is 7.47. The van der Waals surface area contributed by atoms with Gasteiger partial charge in [-0.05, 0) is 30.5 Å². The monoisotopic (exact) mass is 304 g/mol. The molecule has 1 aliphatic heterocycles. The van der Waals surface area contributed by atoms with Crippen molar-refractivity contribution in [3.8, 4) is 0 Å². The lowest BCUT2D eigenvalue weighted by atomic mass is 10.0. The van der Waals surface area contributed by atoms with Crippen LogP contribution in [0.1, 0.15) is 24.7 Å². The number of hydrogen-bond acceptors (Lipinski definition) is 3. The minimum Gasteiger partial charge on any atom is -0.362 e. The Balaban J connectivity index is 1.90. The van der Waals surface area contributed by atoms with Crippen molar-refractivity contribution in [1.29, 1.82) is 0 Å². The molecular formula is C16H21ClN4. The summed E-state index contributed by atoms with van der Waals surface area (Å²) < 4.78 is 2.21. The quantitative estimate of drug-likeness (QED) is 0.945. The number of nitrogens with two attached hydrogens (primary N) is 1. The molecule has 0 amide bonds. The largest absolute Gasteiger partial charge is 0.362 e. The molecule has 2 heterocycles. The number of aromatic nitrogens is 2. The third kappa shape index (κ3) is 2.92. The van der Waals surface area contributed by atoms with E-state index in [0.717, 1.165) is 48.9 Å². The van der Waals surface area contributed by atoms with Crippen LogP contribution in [0.2, 0.25) is 5.02 Å². The van der Waals surface area contributed by atoms with Crippen molar-refractivity contribution in [3.05, 3.63) is 47.0 Å². The molecule has 0 saturated heterocycles. The molecule has 1 aromatic carbocycles. The van der Waals surface area contributed by atoms with Crippen LogP contribution in [-0.2, 0) is 19.5 Å². The van der Waals surface area contributed by atoms with Crippen LogP contribution < -0.4 is 10.6 Å². The number of fused-ring (bicyclic) bond motifs is 1. The first kappa shape index (κ1) is 14.4. The van der Waals surface area contributed by atoms with Crippen LogP contribution in [0.15, 0.2) is 30.6 Å². The number of imidazole rings is 1.